The average molecular weight is 498 g/mol. The molecule has 0 saturated carbocycles. The topological polar surface area (TPSA) is 55.6 Å². The van der Waals surface area contributed by atoms with Crippen LogP contribution in [0.4, 0.5) is 5.82 Å². The van der Waals surface area contributed by atoms with Gasteiger partial charge in [-0.05, 0) is 48.4 Å². The number of hydrogen-bond donors (Lipinski definition) is 1. The van der Waals surface area contributed by atoms with Crippen molar-refractivity contribution in [2.24, 2.45) is 0 Å². The van der Waals surface area contributed by atoms with Gasteiger partial charge in [-0.15, -0.1) is 11.3 Å². The second kappa shape index (κ2) is 8.84. The van der Waals surface area contributed by atoms with E-state index >= 15 is 0 Å². The van der Waals surface area contributed by atoms with Gasteiger partial charge in [-0.3, -0.25) is 4.98 Å². The molecule has 1 aliphatic rings. The number of nitrogens with zero attached hydrogens (tertiary/aromatic N) is 4. The predicted octanol–water partition coefficient (Wildman–Crippen LogP) is 7.31. The molecule has 0 aliphatic carbocycles. The first-order valence-electron chi connectivity index (χ1n) is 12.3. The lowest BCUT2D eigenvalue weighted by Crippen LogP contribution is -2.19. The number of anilines is 1. The van der Waals surface area contributed by atoms with Crippen molar-refractivity contribution in [1.29, 1.82) is 0 Å². The van der Waals surface area contributed by atoms with E-state index in [9.17, 15) is 0 Å². The van der Waals surface area contributed by atoms with Crippen LogP contribution in [0.1, 0.15) is 33.3 Å². The Bertz CT molecular complexity index is 1720. The molecule has 3 aromatic carbocycles. The number of aromatic nitrogens is 4. The Morgan fingerprint density at radius 3 is 2.35 bits per heavy atom. The minimum Gasteiger partial charge on any atom is -0.339 e. The van der Waals surface area contributed by atoms with Crippen LogP contribution in [0.15, 0.2) is 109 Å². The molecule has 1 N–H and O–H groups in total. The first kappa shape index (κ1) is 21.7. The second-order valence-electron chi connectivity index (χ2n) is 9.08. The summed E-state index contributed by atoms with van der Waals surface area (Å²) in [5, 5.41) is 9.85. The molecule has 1 atom stereocenters. The fourth-order valence-electron chi connectivity index (χ4n) is 5.17. The Balaban J connectivity index is 1.56. The molecule has 0 amide bonds. The molecule has 0 bridgehead atoms. The van der Waals surface area contributed by atoms with Crippen LogP contribution in [0.2, 0.25) is 0 Å². The number of benzene rings is 3. The molecule has 6 aromatic rings. The average Bonchev–Trinajstić information content (AvgIpc) is 3.54. The molecule has 178 valence electrons. The minimum atomic E-state index is -0.0850. The fourth-order valence-corrected chi connectivity index (χ4v) is 6.21. The van der Waals surface area contributed by atoms with Gasteiger partial charge in [0, 0.05) is 29.4 Å². The van der Waals surface area contributed by atoms with Crippen molar-refractivity contribution in [3.63, 3.8) is 0 Å². The zero-order valence-electron chi connectivity index (χ0n) is 20.2. The van der Waals surface area contributed by atoms with E-state index in [1.165, 1.54) is 4.70 Å². The lowest BCUT2D eigenvalue weighted by molar-refractivity contribution is 0.870. The largest absolute Gasteiger partial charge is 0.339 e. The number of fused-ring (bicyclic) bond motifs is 2. The molecule has 3 aromatic heterocycles. The van der Waals surface area contributed by atoms with Crippen molar-refractivity contribution in [1.82, 2.24) is 19.7 Å². The van der Waals surface area contributed by atoms with Crippen LogP contribution in [0.3, 0.4) is 0 Å². The van der Waals surface area contributed by atoms with Gasteiger partial charge in [0.15, 0.2) is 0 Å². The van der Waals surface area contributed by atoms with Gasteiger partial charge in [0.05, 0.1) is 27.3 Å². The number of para-hydroxylation sites is 2. The summed E-state index contributed by atoms with van der Waals surface area (Å²) in [7, 11) is 0. The van der Waals surface area contributed by atoms with Crippen LogP contribution >= 0.6 is 11.3 Å². The zero-order chi connectivity index (χ0) is 24.8. The maximum Gasteiger partial charge on any atom is 0.138 e. The van der Waals surface area contributed by atoms with Crippen LogP contribution in [-0.2, 0) is 0 Å². The highest BCUT2D eigenvalue weighted by atomic mass is 32.1. The van der Waals surface area contributed by atoms with E-state index in [-0.39, 0.29) is 5.92 Å². The summed E-state index contributed by atoms with van der Waals surface area (Å²) >= 11 is 1.73. The molecule has 6 heteroatoms. The fraction of sp³-hybridized carbons (Fsp3) is 0.0645. The van der Waals surface area contributed by atoms with Gasteiger partial charge >= 0.3 is 0 Å². The molecule has 0 spiro atoms. The van der Waals surface area contributed by atoms with Gasteiger partial charge < -0.3 is 5.32 Å². The third kappa shape index (κ3) is 3.65. The number of aryl methyl sites for hydroxylation is 1. The highest BCUT2D eigenvalue weighted by molar-refractivity contribution is 7.19. The normalized spacial score (nSPS) is 15.0. The summed E-state index contributed by atoms with van der Waals surface area (Å²) in [5.41, 5.74) is 8.55. The van der Waals surface area contributed by atoms with Crippen LogP contribution in [-0.4, -0.2) is 19.7 Å². The smallest absolute Gasteiger partial charge is 0.138 e. The summed E-state index contributed by atoms with van der Waals surface area (Å²) in [4.78, 5) is 9.64. The first-order chi connectivity index (χ1) is 18.3. The number of allylic oxidation sites excluding steroid dienone is 1. The molecule has 37 heavy (non-hydrogen) atoms. The summed E-state index contributed by atoms with van der Waals surface area (Å²) < 4.78 is 3.19. The van der Waals surface area contributed by atoms with Crippen molar-refractivity contribution >= 4 is 38.6 Å². The minimum absolute atomic E-state index is 0.0850. The van der Waals surface area contributed by atoms with Crippen molar-refractivity contribution in [2.45, 2.75) is 12.8 Å². The number of hydrogen-bond acceptors (Lipinski definition) is 5. The van der Waals surface area contributed by atoms with Crippen molar-refractivity contribution in [3.8, 4) is 5.69 Å². The summed E-state index contributed by atoms with van der Waals surface area (Å²) in [5.74, 6) is 0.888. The maximum absolute atomic E-state index is 5.13. The van der Waals surface area contributed by atoms with E-state index in [1.54, 1.807) is 11.3 Å². The third-order valence-electron chi connectivity index (χ3n) is 6.80. The van der Waals surface area contributed by atoms with E-state index in [4.69, 9.17) is 10.1 Å². The van der Waals surface area contributed by atoms with Gasteiger partial charge in [-0.1, -0.05) is 66.7 Å². The summed E-state index contributed by atoms with van der Waals surface area (Å²) in [6.07, 6.45) is 3.79. The number of nitrogens with one attached hydrogen (secondary N) is 1. The Morgan fingerprint density at radius 1 is 0.838 bits per heavy atom. The number of rotatable bonds is 4. The number of thiazole rings is 1. The summed E-state index contributed by atoms with van der Waals surface area (Å²) in [6, 6.07) is 33.3. The predicted molar refractivity (Wildman–Crippen MR) is 151 cm³/mol. The zero-order valence-corrected chi connectivity index (χ0v) is 21.0. The standard InChI is InChI=1S/C31H23N5S/c1-20-26-27(22-13-10-18-32-19-22)28(31-33-24-16-8-9-17-25(24)37-31)29(21-11-4-2-5-12-21)34-30(26)36(35-20)23-14-6-3-7-15-23/h2-19,27,34H,1H3. The molecule has 4 heterocycles. The molecule has 0 saturated heterocycles. The quantitative estimate of drug-likeness (QED) is 0.277. The Kier molecular flexibility index (Phi) is 5.18. The van der Waals surface area contributed by atoms with Crippen molar-refractivity contribution in [2.75, 3.05) is 5.32 Å². The monoisotopic (exact) mass is 497 g/mol. The molecule has 1 unspecified atom stereocenters. The Hall–Kier alpha value is -4.55. The van der Waals surface area contributed by atoms with Gasteiger partial charge in [0.2, 0.25) is 0 Å². The molecule has 1 aliphatic heterocycles. The summed E-state index contributed by atoms with van der Waals surface area (Å²) in [6.45, 7) is 2.09. The van der Waals surface area contributed by atoms with Crippen molar-refractivity contribution in [3.05, 3.63) is 137 Å². The number of pyridine rings is 1. The lowest BCUT2D eigenvalue weighted by Gasteiger charge is -2.30. The Labute approximate surface area is 218 Å². The lowest BCUT2D eigenvalue weighted by atomic mass is 9.81. The molecule has 5 nitrogen and oxygen atoms in total. The van der Waals surface area contributed by atoms with Crippen LogP contribution in [0.5, 0.6) is 0 Å². The van der Waals surface area contributed by atoms with Gasteiger partial charge in [-0.2, -0.15) is 5.10 Å². The van der Waals surface area contributed by atoms with Crippen LogP contribution in [0.25, 0.3) is 27.2 Å². The van der Waals surface area contributed by atoms with E-state index < -0.39 is 0 Å². The van der Waals surface area contributed by atoms with Gasteiger partial charge in [0.25, 0.3) is 0 Å². The highest BCUT2D eigenvalue weighted by Crippen LogP contribution is 2.51. The van der Waals surface area contributed by atoms with E-state index in [0.717, 1.165) is 55.7 Å². The van der Waals surface area contributed by atoms with E-state index in [1.807, 2.05) is 53.5 Å². The Morgan fingerprint density at radius 2 is 1.59 bits per heavy atom. The van der Waals surface area contributed by atoms with E-state index in [0.29, 0.717) is 0 Å². The molecule has 0 radical (unpaired) electrons. The van der Waals surface area contributed by atoms with Gasteiger partial charge in [0.1, 0.15) is 10.8 Å². The molecule has 0 fully saturated rings. The van der Waals surface area contributed by atoms with E-state index in [2.05, 4.69) is 77.9 Å². The SMILES string of the molecule is Cc1nn(-c2ccccc2)c2c1C(c1cccnc1)C(c1nc3ccccc3s1)=C(c1ccccc1)N2. The maximum atomic E-state index is 5.13. The molecular weight excluding hydrogens is 474 g/mol. The van der Waals surface area contributed by atoms with Crippen LogP contribution in [0, 0.1) is 6.92 Å². The highest BCUT2D eigenvalue weighted by Gasteiger charge is 2.37. The van der Waals surface area contributed by atoms with Crippen LogP contribution < -0.4 is 5.32 Å². The second-order valence-corrected chi connectivity index (χ2v) is 10.1. The third-order valence-corrected chi connectivity index (χ3v) is 7.87. The molecular formula is C31H23N5S. The first-order valence-corrected chi connectivity index (χ1v) is 13.1. The molecule has 7 rings (SSSR count). The van der Waals surface area contributed by atoms with Gasteiger partial charge in [-0.25, -0.2) is 9.67 Å². The van der Waals surface area contributed by atoms with Crippen molar-refractivity contribution < 1.29 is 0 Å².